The van der Waals surface area contributed by atoms with Crippen LogP contribution < -0.4 is 10.2 Å². The van der Waals surface area contributed by atoms with Gasteiger partial charge in [-0.1, -0.05) is 12.1 Å². The Bertz CT molecular complexity index is 1030. The number of carbonyl (C=O) groups excluding carboxylic acids is 1. The number of carbonyl (C=O) groups is 1. The maximum absolute atomic E-state index is 12.2. The van der Waals surface area contributed by atoms with E-state index in [1.54, 1.807) is 37.6 Å². The first kappa shape index (κ1) is 19.4. The van der Waals surface area contributed by atoms with Gasteiger partial charge in [0.2, 0.25) is 0 Å². The van der Waals surface area contributed by atoms with Crippen LogP contribution in [0.3, 0.4) is 0 Å². The minimum atomic E-state index is -0.262. The number of ether oxygens (including phenoxy) is 1. The zero-order valence-electron chi connectivity index (χ0n) is 16.9. The van der Waals surface area contributed by atoms with Gasteiger partial charge in [0.05, 0.1) is 13.3 Å². The van der Waals surface area contributed by atoms with E-state index >= 15 is 0 Å². The Kier molecular flexibility index (Phi) is 5.64. The molecule has 28 heavy (non-hydrogen) atoms. The monoisotopic (exact) mass is 375 g/mol. The molecule has 1 N–H and O–H groups in total. The molecule has 0 saturated heterocycles. The van der Waals surface area contributed by atoms with Crippen molar-refractivity contribution in [3.05, 3.63) is 82.2 Å². The molecule has 144 valence electrons. The van der Waals surface area contributed by atoms with E-state index in [0.717, 1.165) is 22.6 Å². The van der Waals surface area contributed by atoms with Crippen LogP contribution in [0.15, 0.2) is 53.6 Å². The molecule has 0 saturated carbocycles. The highest BCUT2D eigenvalue weighted by atomic mass is 16.5. The molecule has 0 aliphatic carbocycles. The van der Waals surface area contributed by atoms with Gasteiger partial charge >= 0.3 is 0 Å². The van der Waals surface area contributed by atoms with Crippen LogP contribution in [0.4, 0.5) is 0 Å². The van der Waals surface area contributed by atoms with E-state index in [1.807, 2.05) is 0 Å². The van der Waals surface area contributed by atoms with Crippen LogP contribution in [0, 0.1) is 27.7 Å². The Morgan fingerprint density at radius 2 is 1.79 bits per heavy atom. The van der Waals surface area contributed by atoms with Crippen LogP contribution in [0.2, 0.25) is 0 Å². The van der Waals surface area contributed by atoms with Crippen molar-refractivity contribution in [2.45, 2.75) is 27.7 Å². The second-order valence-corrected chi connectivity index (χ2v) is 6.81. The number of aryl methyl sites for hydroxylation is 2. The highest BCUT2D eigenvalue weighted by Gasteiger charge is 2.12. The molecule has 1 amide bonds. The smallest absolute Gasteiger partial charge is 0.271 e. The van der Waals surface area contributed by atoms with Crippen molar-refractivity contribution < 1.29 is 9.53 Å². The number of rotatable bonds is 5. The summed E-state index contributed by atoms with van der Waals surface area (Å²) < 4.78 is 7.32. The Hall–Kier alpha value is -3.34. The summed E-state index contributed by atoms with van der Waals surface area (Å²) in [5.74, 6) is 0.446. The lowest BCUT2D eigenvalue weighted by Crippen LogP contribution is -2.17. The van der Waals surface area contributed by atoms with Crippen molar-refractivity contribution >= 4 is 12.1 Å². The first-order valence-corrected chi connectivity index (χ1v) is 9.15. The second kappa shape index (κ2) is 8.13. The minimum Gasteiger partial charge on any atom is -0.497 e. The van der Waals surface area contributed by atoms with Gasteiger partial charge in [-0.2, -0.15) is 5.10 Å². The summed E-state index contributed by atoms with van der Waals surface area (Å²) >= 11 is 0. The van der Waals surface area contributed by atoms with Crippen molar-refractivity contribution in [1.82, 2.24) is 9.99 Å². The van der Waals surface area contributed by atoms with Crippen molar-refractivity contribution in [1.29, 1.82) is 0 Å². The molecule has 0 aliphatic heterocycles. The zero-order valence-corrected chi connectivity index (χ0v) is 16.9. The second-order valence-electron chi connectivity index (χ2n) is 6.81. The van der Waals surface area contributed by atoms with E-state index < -0.39 is 0 Å². The topological polar surface area (TPSA) is 55.6 Å². The number of hydrogen-bond donors (Lipinski definition) is 1. The molecule has 0 fully saturated rings. The largest absolute Gasteiger partial charge is 0.497 e. The number of aromatic nitrogens is 1. The SMILES string of the molecule is COc1ccc(C(=O)N/N=C\c2cc(C)n(-c3cccc(C)c3C)c2C)cc1. The van der Waals surface area contributed by atoms with Gasteiger partial charge in [-0.05, 0) is 75.2 Å². The summed E-state index contributed by atoms with van der Waals surface area (Å²) in [7, 11) is 1.59. The highest BCUT2D eigenvalue weighted by Crippen LogP contribution is 2.24. The van der Waals surface area contributed by atoms with Crippen molar-refractivity contribution in [3.8, 4) is 11.4 Å². The number of hydrogen-bond acceptors (Lipinski definition) is 3. The van der Waals surface area contributed by atoms with Crippen molar-refractivity contribution in [2.75, 3.05) is 7.11 Å². The molecule has 0 aliphatic rings. The quantitative estimate of drug-likeness (QED) is 0.528. The van der Waals surface area contributed by atoms with Crippen LogP contribution in [-0.4, -0.2) is 23.8 Å². The highest BCUT2D eigenvalue weighted by molar-refractivity contribution is 5.95. The molecule has 1 heterocycles. The van der Waals surface area contributed by atoms with Gasteiger partial charge in [0.25, 0.3) is 5.91 Å². The maximum Gasteiger partial charge on any atom is 0.271 e. The minimum absolute atomic E-state index is 0.262. The zero-order chi connectivity index (χ0) is 20.3. The van der Waals surface area contributed by atoms with E-state index in [4.69, 9.17) is 4.74 Å². The van der Waals surface area contributed by atoms with Gasteiger partial charge < -0.3 is 9.30 Å². The molecule has 3 aromatic rings. The fraction of sp³-hybridized carbons (Fsp3) is 0.217. The summed E-state index contributed by atoms with van der Waals surface area (Å²) in [4.78, 5) is 12.2. The Morgan fingerprint density at radius 3 is 2.46 bits per heavy atom. The van der Waals surface area contributed by atoms with E-state index in [9.17, 15) is 4.79 Å². The van der Waals surface area contributed by atoms with E-state index in [1.165, 1.54) is 11.1 Å². The molecule has 3 rings (SSSR count). The molecule has 0 atom stereocenters. The molecular weight excluding hydrogens is 350 g/mol. The molecule has 0 bridgehead atoms. The van der Waals surface area contributed by atoms with Crippen molar-refractivity contribution in [2.24, 2.45) is 5.10 Å². The van der Waals surface area contributed by atoms with E-state index in [0.29, 0.717) is 11.3 Å². The lowest BCUT2D eigenvalue weighted by Gasteiger charge is -2.14. The van der Waals surface area contributed by atoms with Gasteiger partial charge in [-0.15, -0.1) is 0 Å². The molecule has 0 unspecified atom stereocenters. The summed E-state index contributed by atoms with van der Waals surface area (Å²) in [5, 5.41) is 4.14. The standard InChI is InChI=1S/C23H25N3O2/c1-15-7-6-8-22(17(15)3)26-16(2)13-20(18(26)4)14-24-25-23(27)19-9-11-21(28-5)12-10-19/h6-14H,1-5H3,(H,25,27)/b24-14-. The molecule has 5 heteroatoms. The van der Waals surface area contributed by atoms with Crippen LogP contribution in [0.1, 0.15) is 38.4 Å². The number of methoxy groups -OCH3 is 1. The number of nitrogens with zero attached hydrogens (tertiary/aromatic N) is 2. The summed E-state index contributed by atoms with van der Waals surface area (Å²) in [6, 6.07) is 15.3. The fourth-order valence-electron chi connectivity index (χ4n) is 3.23. The Balaban J connectivity index is 1.79. The summed E-state index contributed by atoms with van der Waals surface area (Å²) in [5.41, 5.74) is 9.94. The molecule has 1 aromatic heterocycles. The molecular formula is C23H25N3O2. The lowest BCUT2D eigenvalue weighted by atomic mass is 10.1. The number of hydrazone groups is 1. The van der Waals surface area contributed by atoms with Gasteiger partial charge in [-0.3, -0.25) is 4.79 Å². The fourth-order valence-corrected chi connectivity index (χ4v) is 3.23. The molecule has 0 radical (unpaired) electrons. The predicted octanol–water partition coefficient (Wildman–Crippen LogP) is 4.48. The summed E-state index contributed by atoms with van der Waals surface area (Å²) in [6.07, 6.45) is 1.69. The third-order valence-electron chi connectivity index (χ3n) is 5.01. The summed E-state index contributed by atoms with van der Waals surface area (Å²) in [6.45, 7) is 8.37. The van der Waals surface area contributed by atoms with Crippen LogP contribution in [0.25, 0.3) is 5.69 Å². The van der Waals surface area contributed by atoms with E-state index in [-0.39, 0.29) is 5.91 Å². The Morgan fingerprint density at radius 1 is 1.07 bits per heavy atom. The Labute approximate surface area is 165 Å². The van der Waals surface area contributed by atoms with Crippen LogP contribution in [0.5, 0.6) is 5.75 Å². The number of nitrogens with one attached hydrogen (secondary N) is 1. The average Bonchev–Trinajstić information content (AvgIpc) is 2.97. The molecule has 5 nitrogen and oxygen atoms in total. The normalized spacial score (nSPS) is 11.0. The van der Waals surface area contributed by atoms with Gasteiger partial charge in [0, 0.05) is 28.2 Å². The van der Waals surface area contributed by atoms with Crippen LogP contribution >= 0.6 is 0 Å². The first-order chi connectivity index (χ1) is 13.4. The predicted molar refractivity (Wildman–Crippen MR) is 113 cm³/mol. The number of benzene rings is 2. The molecule has 2 aromatic carbocycles. The molecule has 0 spiro atoms. The average molecular weight is 375 g/mol. The van der Waals surface area contributed by atoms with Gasteiger partial charge in [-0.25, -0.2) is 5.43 Å². The van der Waals surface area contributed by atoms with E-state index in [2.05, 4.69) is 67.1 Å². The van der Waals surface area contributed by atoms with Gasteiger partial charge in [0.1, 0.15) is 5.75 Å². The van der Waals surface area contributed by atoms with Crippen LogP contribution in [-0.2, 0) is 0 Å². The third-order valence-corrected chi connectivity index (χ3v) is 5.01. The third kappa shape index (κ3) is 3.83. The lowest BCUT2D eigenvalue weighted by molar-refractivity contribution is 0.0955. The first-order valence-electron chi connectivity index (χ1n) is 9.15. The maximum atomic E-state index is 12.2. The van der Waals surface area contributed by atoms with Crippen molar-refractivity contribution in [3.63, 3.8) is 0 Å². The van der Waals surface area contributed by atoms with Gasteiger partial charge in [0.15, 0.2) is 0 Å². The number of amides is 1.